The number of likely N-dealkylation sites (tertiary alicyclic amines) is 2. The second kappa shape index (κ2) is 8.20. The van der Waals surface area contributed by atoms with Crippen LogP contribution >= 0.6 is 0 Å². The second-order valence-electron chi connectivity index (χ2n) is 8.22. The summed E-state index contributed by atoms with van der Waals surface area (Å²) in [6.45, 7) is 5.65. The summed E-state index contributed by atoms with van der Waals surface area (Å²) < 4.78 is 6.95. The van der Waals surface area contributed by atoms with Crippen LogP contribution in [0.5, 0.6) is 0 Å². The Labute approximate surface area is 159 Å². The Morgan fingerprint density at radius 3 is 2.59 bits per heavy atom. The van der Waals surface area contributed by atoms with E-state index in [0.717, 1.165) is 65.0 Å². The number of ether oxygens (including phenoxy) is 1. The summed E-state index contributed by atoms with van der Waals surface area (Å²) in [5.74, 6) is 0.177. The number of carbonyl (C=O) groups is 1. The third kappa shape index (κ3) is 4.00. The number of nitrogens with zero attached hydrogens (tertiary/aromatic N) is 6. The third-order valence-electron chi connectivity index (χ3n) is 6.95. The zero-order valence-electron chi connectivity index (χ0n) is 15.9. The number of aromatic nitrogens is 4. The van der Waals surface area contributed by atoms with Crippen molar-refractivity contribution in [2.45, 2.75) is 44.7 Å². The average molecular weight is 378 g/mol. The summed E-state index contributed by atoms with van der Waals surface area (Å²) in [5.41, 5.74) is 0.169. The summed E-state index contributed by atoms with van der Waals surface area (Å²) in [6, 6.07) is 0.654. The highest BCUT2D eigenvalue weighted by Crippen LogP contribution is 2.45. The number of hydrogen-bond donors (Lipinski definition) is 1. The predicted octanol–water partition coefficient (Wildman–Crippen LogP) is -0.225. The fourth-order valence-corrected chi connectivity index (χ4v) is 5.12. The van der Waals surface area contributed by atoms with Gasteiger partial charge in [0.05, 0.1) is 0 Å². The molecule has 3 aliphatic rings. The van der Waals surface area contributed by atoms with Crippen LogP contribution in [0, 0.1) is 11.3 Å². The summed E-state index contributed by atoms with van der Waals surface area (Å²) in [6.07, 6.45) is 6.93. The highest BCUT2D eigenvalue weighted by molar-refractivity contribution is 5.76. The van der Waals surface area contributed by atoms with E-state index in [-0.39, 0.29) is 30.4 Å². The van der Waals surface area contributed by atoms with Gasteiger partial charge in [-0.3, -0.25) is 4.79 Å². The molecule has 9 heteroatoms. The van der Waals surface area contributed by atoms with Crippen LogP contribution < -0.4 is 0 Å². The van der Waals surface area contributed by atoms with Gasteiger partial charge < -0.3 is 19.6 Å². The molecule has 0 aliphatic carbocycles. The maximum atomic E-state index is 12.6. The molecule has 3 fully saturated rings. The SMILES string of the molecule is O=C(Cn1cnnn1)N1CCC2(CCN(C3CCOCC3)CC2)C(CO)C1. The molecule has 3 saturated heterocycles. The lowest BCUT2D eigenvalue weighted by Gasteiger charge is -2.52. The number of amides is 1. The van der Waals surface area contributed by atoms with Crippen LogP contribution in [0.15, 0.2) is 6.33 Å². The lowest BCUT2D eigenvalue weighted by Crippen LogP contribution is -2.56. The van der Waals surface area contributed by atoms with Crippen molar-refractivity contribution in [1.29, 1.82) is 0 Å². The fraction of sp³-hybridized carbons (Fsp3) is 0.889. The first-order valence-electron chi connectivity index (χ1n) is 10.1. The molecule has 150 valence electrons. The Bertz CT molecular complexity index is 611. The van der Waals surface area contributed by atoms with Crippen LogP contribution in [0.25, 0.3) is 0 Å². The van der Waals surface area contributed by atoms with Crippen LogP contribution in [-0.4, -0.2) is 93.1 Å². The van der Waals surface area contributed by atoms with E-state index in [2.05, 4.69) is 20.4 Å². The first-order chi connectivity index (χ1) is 13.2. The van der Waals surface area contributed by atoms with Gasteiger partial charge in [0.25, 0.3) is 0 Å². The van der Waals surface area contributed by atoms with E-state index in [9.17, 15) is 9.90 Å². The van der Waals surface area contributed by atoms with Crippen LogP contribution in [0.4, 0.5) is 0 Å². The minimum absolute atomic E-state index is 0.0234. The monoisotopic (exact) mass is 378 g/mol. The van der Waals surface area contributed by atoms with Gasteiger partial charge in [-0.25, -0.2) is 4.68 Å². The molecule has 4 heterocycles. The number of carbonyl (C=O) groups excluding carboxylic acids is 1. The summed E-state index contributed by atoms with van der Waals surface area (Å²) in [7, 11) is 0. The molecule has 0 radical (unpaired) electrons. The van der Waals surface area contributed by atoms with Crippen molar-refractivity contribution in [1.82, 2.24) is 30.0 Å². The predicted molar refractivity (Wildman–Crippen MR) is 96.7 cm³/mol. The Morgan fingerprint density at radius 2 is 1.93 bits per heavy atom. The summed E-state index contributed by atoms with van der Waals surface area (Å²) in [5, 5.41) is 21.0. The van der Waals surface area contributed by atoms with E-state index in [1.807, 2.05) is 4.90 Å². The lowest BCUT2D eigenvalue weighted by atomic mass is 9.64. The Balaban J connectivity index is 1.34. The van der Waals surface area contributed by atoms with Gasteiger partial charge in [-0.2, -0.15) is 0 Å². The fourth-order valence-electron chi connectivity index (χ4n) is 5.12. The van der Waals surface area contributed by atoms with Gasteiger partial charge >= 0.3 is 0 Å². The zero-order valence-corrected chi connectivity index (χ0v) is 15.9. The molecular weight excluding hydrogens is 348 g/mol. The molecular formula is C18H30N6O3. The van der Waals surface area contributed by atoms with Crippen molar-refractivity contribution < 1.29 is 14.6 Å². The standard InChI is InChI=1S/C18H30N6O3/c25-13-15-11-23(17(26)12-24-14-19-20-21-24)8-5-18(15)3-6-22(7-4-18)16-1-9-27-10-2-16/h14-16,25H,1-13H2. The van der Waals surface area contributed by atoms with Crippen molar-refractivity contribution in [2.75, 3.05) is 46.0 Å². The highest BCUT2D eigenvalue weighted by atomic mass is 16.5. The van der Waals surface area contributed by atoms with Crippen LogP contribution in [0.1, 0.15) is 32.1 Å². The van der Waals surface area contributed by atoms with Gasteiger partial charge in [-0.1, -0.05) is 0 Å². The Hall–Kier alpha value is -1.58. The van der Waals surface area contributed by atoms with Gasteiger partial charge in [0, 0.05) is 44.9 Å². The van der Waals surface area contributed by atoms with Crippen molar-refractivity contribution in [3.8, 4) is 0 Å². The van der Waals surface area contributed by atoms with Gasteiger partial charge in [0.1, 0.15) is 12.9 Å². The maximum Gasteiger partial charge on any atom is 0.244 e. The molecule has 4 rings (SSSR count). The van der Waals surface area contributed by atoms with E-state index in [0.29, 0.717) is 12.6 Å². The number of rotatable bonds is 4. The number of aliphatic hydroxyl groups is 1. The molecule has 1 aromatic heterocycles. The van der Waals surface area contributed by atoms with Crippen molar-refractivity contribution in [2.24, 2.45) is 11.3 Å². The van der Waals surface area contributed by atoms with Crippen molar-refractivity contribution >= 4 is 5.91 Å². The topological polar surface area (TPSA) is 96.6 Å². The molecule has 0 bridgehead atoms. The Morgan fingerprint density at radius 1 is 1.19 bits per heavy atom. The normalized spacial score (nSPS) is 27.1. The quantitative estimate of drug-likeness (QED) is 0.773. The summed E-state index contributed by atoms with van der Waals surface area (Å²) >= 11 is 0. The lowest BCUT2D eigenvalue weighted by molar-refractivity contribution is -0.139. The van der Waals surface area contributed by atoms with Gasteiger partial charge in [0.2, 0.25) is 5.91 Å². The van der Waals surface area contributed by atoms with E-state index in [4.69, 9.17) is 4.74 Å². The molecule has 1 aromatic rings. The van der Waals surface area contributed by atoms with E-state index in [1.165, 1.54) is 11.0 Å². The molecule has 3 aliphatic heterocycles. The van der Waals surface area contributed by atoms with Gasteiger partial charge in [-0.05, 0) is 61.0 Å². The highest BCUT2D eigenvalue weighted by Gasteiger charge is 2.46. The van der Waals surface area contributed by atoms with Crippen LogP contribution in [0.2, 0.25) is 0 Å². The molecule has 1 amide bonds. The van der Waals surface area contributed by atoms with Gasteiger partial charge in [0.15, 0.2) is 0 Å². The molecule has 0 aromatic carbocycles. The molecule has 27 heavy (non-hydrogen) atoms. The average Bonchev–Trinajstić information content (AvgIpc) is 3.22. The second-order valence-corrected chi connectivity index (χ2v) is 8.22. The number of hydrogen-bond acceptors (Lipinski definition) is 7. The number of piperidine rings is 2. The minimum atomic E-state index is 0.0234. The van der Waals surface area contributed by atoms with E-state index < -0.39 is 0 Å². The number of aliphatic hydroxyl groups excluding tert-OH is 1. The smallest absolute Gasteiger partial charge is 0.244 e. The first kappa shape index (κ1) is 18.8. The molecule has 1 N–H and O–H groups in total. The molecule has 0 saturated carbocycles. The van der Waals surface area contributed by atoms with E-state index >= 15 is 0 Å². The van der Waals surface area contributed by atoms with Crippen molar-refractivity contribution in [3.63, 3.8) is 0 Å². The molecule has 1 unspecified atom stereocenters. The van der Waals surface area contributed by atoms with Crippen LogP contribution in [-0.2, 0) is 16.1 Å². The maximum absolute atomic E-state index is 12.6. The van der Waals surface area contributed by atoms with E-state index in [1.54, 1.807) is 0 Å². The Kier molecular flexibility index (Phi) is 5.70. The zero-order chi connectivity index (χ0) is 18.7. The first-order valence-corrected chi connectivity index (χ1v) is 10.1. The minimum Gasteiger partial charge on any atom is -0.396 e. The van der Waals surface area contributed by atoms with Crippen LogP contribution in [0.3, 0.4) is 0 Å². The van der Waals surface area contributed by atoms with Crippen molar-refractivity contribution in [3.05, 3.63) is 6.33 Å². The van der Waals surface area contributed by atoms with Gasteiger partial charge in [-0.15, -0.1) is 5.10 Å². The third-order valence-corrected chi connectivity index (χ3v) is 6.95. The molecule has 9 nitrogen and oxygen atoms in total. The molecule has 1 spiro atoms. The largest absolute Gasteiger partial charge is 0.396 e. The number of tetrazole rings is 1. The molecule has 1 atom stereocenters. The summed E-state index contributed by atoms with van der Waals surface area (Å²) in [4.78, 5) is 17.1.